The summed E-state index contributed by atoms with van der Waals surface area (Å²) in [6.45, 7) is 1.85. The van der Waals surface area contributed by atoms with Crippen LogP contribution in [0.5, 0.6) is 5.75 Å². The number of nitrogens with zero attached hydrogens (tertiary/aromatic N) is 2. The molecule has 0 spiro atoms. The summed E-state index contributed by atoms with van der Waals surface area (Å²) < 4.78 is 0. The number of aliphatic imine (C=N–C) groups is 1. The third kappa shape index (κ3) is 2.21. The molecule has 1 aliphatic heterocycles. The molecule has 1 aliphatic rings. The molecule has 4 heteroatoms. The number of nitrogens with one attached hydrogen (secondary N) is 1. The highest BCUT2D eigenvalue weighted by atomic mass is 16.3. The van der Waals surface area contributed by atoms with Crippen molar-refractivity contribution in [2.45, 2.75) is 6.42 Å². The maximum atomic E-state index is 9.59. The summed E-state index contributed by atoms with van der Waals surface area (Å²) in [4.78, 5) is 6.42. The van der Waals surface area contributed by atoms with Crippen molar-refractivity contribution in [3.05, 3.63) is 24.3 Å². The second-order valence-corrected chi connectivity index (χ2v) is 3.62. The van der Waals surface area contributed by atoms with Crippen molar-refractivity contribution >= 4 is 11.6 Å². The predicted octanol–water partition coefficient (Wildman–Crippen LogP) is 1.50. The Morgan fingerprint density at radius 1 is 1.40 bits per heavy atom. The van der Waals surface area contributed by atoms with Crippen LogP contribution in [0.3, 0.4) is 0 Å². The normalized spacial score (nSPS) is 16.1. The fraction of sp³-hybridized carbons (Fsp3) is 0.364. The summed E-state index contributed by atoms with van der Waals surface area (Å²) in [6, 6.07) is 7.17. The molecular weight excluding hydrogens is 190 g/mol. The number of guanidine groups is 1. The molecule has 0 atom stereocenters. The molecule has 2 rings (SSSR count). The zero-order valence-corrected chi connectivity index (χ0v) is 8.77. The van der Waals surface area contributed by atoms with E-state index in [1.165, 1.54) is 0 Å². The molecule has 0 bridgehead atoms. The van der Waals surface area contributed by atoms with Gasteiger partial charge >= 0.3 is 0 Å². The fourth-order valence-corrected chi connectivity index (χ4v) is 1.55. The number of phenols is 1. The van der Waals surface area contributed by atoms with E-state index in [-0.39, 0.29) is 5.75 Å². The van der Waals surface area contributed by atoms with Crippen molar-refractivity contribution < 1.29 is 5.11 Å². The lowest BCUT2D eigenvalue weighted by Gasteiger charge is -2.25. The van der Waals surface area contributed by atoms with Crippen LogP contribution in [-0.2, 0) is 0 Å². The van der Waals surface area contributed by atoms with E-state index in [1.807, 2.05) is 19.2 Å². The van der Waals surface area contributed by atoms with Gasteiger partial charge in [-0.25, -0.2) is 0 Å². The van der Waals surface area contributed by atoms with Gasteiger partial charge in [0.05, 0.1) is 5.69 Å². The van der Waals surface area contributed by atoms with Crippen molar-refractivity contribution in [3.8, 4) is 5.75 Å². The van der Waals surface area contributed by atoms with Crippen LogP contribution in [-0.4, -0.2) is 36.1 Å². The monoisotopic (exact) mass is 205 g/mol. The number of benzene rings is 1. The van der Waals surface area contributed by atoms with Crippen LogP contribution < -0.4 is 5.32 Å². The van der Waals surface area contributed by atoms with Crippen molar-refractivity contribution in [2.75, 3.05) is 25.5 Å². The summed E-state index contributed by atoms with van der Waals surface area (Å²) >= 11 is 0. The Morgan fingerprint density at radius 3 is 2.93 bits per heavy atom. The Bertz CT molecular complexity index is 376. The van der Waals surface area contributed by atoms with E-state index >= 15 is 0 Å². The number of aromatic hydroxyl groups is 1. The summed E-state index contributed by atoms with van der Waals surface area (Å²) in [7, 11) is 1.99. The molecular formula is C11H15N3O. The minimum absolute atomic E-state index is 0.249. The number of hydrogen-bond donors (Lipinski definition) is 2. The summed E-state index contributed by atoms with van der Waals surface area (Å²) in [6.07, 6.45) is 1.09. The number of phenolic OH excluding ortho intramolecular Hbond substituents is 1. The molecule has 1 aromatic rings. The molecule has 15 heavy (non-hydrogen) atoms. The number of hydrogen-bond acceptors (Lipinski definition) is 4. The molecule has 0 fully saturated rings. The third-order valence-electron chi connectivity index (χ3n) is 2.43. The standard InChI is InChI=1S/C11H15N3O/c1-14-8-4-7-12-11(14)13-9-5-2-3-6-10(9)15/h2-3,5-6,15H,4,7-8H2,1H3,(H,12,13). The van der Waals surface area contributed by atoms with Gasteiger partial charge in [-0.3, -0.25) is 4.99 Å². The van der Waals surface area contributed by atoms with E-state index in [4.69, 9.17) is 0 Å². The SMILES string of the molecule is CN1CCCN=C1Nc1ccccc1O. The van der Waals surface area contributed by atoms with Crippen LogP contribution in [0.25, 0.3) is 0 Å². The van der Waals surface area contributed by atoms with Gasteiger partial charge in [-0.2, -0.15) is 0 Å². The average molecular weight is 205 g/mol. The largest absolute Gasteiger partial charge is 0.506 e. The molecule has 1 aromatic carbocycles. The maximum absolute atomic E-state index is 9.59. The van der Waals surface area contributed by atoms with Crippen molar-refractivity contribution in [3.63, 3.8) is 0 Å². The highest BCUT2D eigenvalue weighted by Crippen LogP contribution is 2.22. The van der Waals surface area contributed by atoms with E-state index in [0.717, 1.165) is 25.5 Å². The van der Waals surface area contributed by atoms with Crippen LogP contribution in [0.2, 0.25) is 0 Å². The Hall–Kier alpha value is -1.71. The van der Waals surface area contributed by atoms with Gasteiger partial charge in [0.1, 0.15) is 5.75 Å². The maximum Gasteiger partial charge on any atom is 0.198 e. The van der Waals surface area contributed by atoms with Gasteiger partial charge in [-0.05, 0) is 18.6 Å². The number of para-hydroxylation sites is 2. The highest BCUT2D eigenvalue weighted by molar-refractivity contribution is 5.95. The average Bonchev–Trinajstić information content (AvgIpc) is 2.24. The highest BCUT2D eigenvalue weighted by Gasteiger charge is 2.11. The van der Waals surface area contributed by atoms with E-state index in [0.29, 0.717) is 5.69 Å². The van der Waals surface area contributed by atoms with E-state index in [9.17, 15) is 5.11 Å². The van der Waals surface area contributed by atoms with Crippen LogP contribution in [0.1, 0.15) is 6.42 Å². The zero-order chi connectivity index (χ0) is 10.7. The van der Waals surface area contributed by atoms with Crippen LogP contribution in [0, 0.1) is 0 Å². The number of anilines is 1. The van der Waals surface area contributed by atoms with Crippen LogP contribution in [0.15, 0.2) is 29.3 Å². The van der Waals surface area contributed by atoms with E-state index < -0.39 is 0 Å². The van der Waals surface area contributed by atoms with E-state index in [1.54, 1.807) is 12.1 Å². The summed E-state index contributed by atoms with van der Waals surface area (Å²) in [5, 5.41) is 12.7. The Balaban J connectivity index is 2.15. The first-order valence-electron chi connectivity index (χ1n) is 5.08. The first-order chi connectivity index (χ1) is 7.27. The second-order valence-electron chi connectivity index (χ2n) is 3.62. The second kappa shape index (κ2) is 4.21. The minimum Gasteiger partial charge on any atom is -0.506 e. The van der Waals surface area contributed by atoms with Gasteiger partial charge in [0.2, 0.25) is 0 Å². The van der Waals surface area contributed by atoms with Crippen LogP contribution in [0.4, 0.5) is 5.69 Å². The molecule has 80 valence electrons. The minimum atomic E-state index is 0.249. The Kier molecular flexibility index (Phi) is 2.76. The summed E-state index contributed by atoms with van der Waals surface area (Å²) in [5.74, 6) is 1.07. The van der Waals surface area contributed by atoms with Gasteiger partial charge < -0.3 is 15.3 Å². The lowest BCUT2D eigenvalue weighted by Crippen LogP contribution is -2.37. The molecule has 0 radical (unpaired) electrons. The lowest BCUT2D eigenvalue weighted by atomic mass is 10.3. The van der Waals surface area contributed by atoms with Gasteiger partial charge in [-0.15, -0.1) is 0 Å². The molecule has 2 N–H and O–H groups in total. The van der Waals surface area contributed by atoms with Gasteiger partial charge in [-0.1, -0.05) is 12.1 Å². The van der Waals surface area contributed by atoms with E-state index in [2.05, 4.69) is 15.2 Å². The number of rotatable bonds is 1. The predicted molar refractivity (Wildman–Crippen MR) is 61.3 cm³/mol. The molecule has 0 unspecified atom stereocenters. The first-order valence-corrected chi connectivity index (χ1v) is 5.08. The molecule has 0 aliphatic carbocycles. The Labute approximate surface area is 89.2 Å². The quantitative estimate of drug-likeness (QED) is 0.683. The summed E-state index contributed by atoms with van der Waals surface area (Å²) in [5.41, 5.74) is 0.699. The molecule has 4 nitrogen and oxygen atoms in total. The lowest BCUT2D eigenvalue weighted by molar-refractivity contribution is 0.462. The van der Waals surface area contributed by atoms with Gasteiger partial charge in [0.15, 0.2) is 5.96 Å². The molecule has 0 saturated carbocycles. The first kappa shape index (κ1) is 9.83. The van der Waals surface area contributed by atoms with Gasteiger partial charge in [0.25, 0.3) is 0 Å². The molecule has 0 amide bonds. The fourth-order valence-electron chi connectivity index (χ4n) is 1.55. The molecule has 0 saturated heterocycles. The van der Waals surface area contributed by atoms with Crippen LogP contribution >= 0.6 is 0 Å². The van der Waals surface area contributed by atoms with Gasteiger partial charge in [0, 0.05) is 20.1 Å². The smallest absolute Gasteiger partial charge is 0.198 e. The van der Waals surface area contributed by atoms with Crippen molar-refractivity contribution in [2.24, 2.45) is 4.99 Å². The molecule has 0 aromatic heterocycles. The topological polar surface area (TPSA) is 47.9 Å². The third-order valence-corrected chi connectivity index (χ3v) is 2.43. The van der Waals surface area contributed by atoms with Crippen molar-refractivity contribution in [1.29, 1.82) is 0 Å². The Morgan fingerprint density at radius 2 is 2.20 bits per heavy atom. The van der Waals surface area contributed by atoms with Crippen molar-refractivity contribution in [1.82, 2.24) is 4.90 Å². The molecule has 1 heterocycles. The zero-order valence-electron chi connectivity index (χ0n) is 8.77.